The number of hydrogen-bond donors (Lipinski definition) is 0. The number of ether oxygens (including phenoxy) is 1. The molecule has 0 bridgehead atoms. The Bertz CT molecular complexity index is 759. The van der Waals surface area contributed by atoms with Crippen LogP contribution in [0.3, 0.4) is 0 Å². The Labute approximate surface area is 160 Å². The number of carbonyl (C=O) groups is 2. The zero-order chi connectivity index (χ0) is 19.1. The van der Waals surface area contributed by atoms with Crippen molar-refractivity contribution in [2.45, 2.75) is 20.0 Å². The van der Waals surface area contributed by atoms with E-state index < -0.39 is 0 Å². The normalized spacial score (nSPS) is 14.9. The molecule has 2 aromatic carbocycles. The summed E-state index contributed by atoms with van der Waals surface area (Å²) in [6, 6.07) is 17.5. The maximum atomic E-state index is 12.6. The molecule has 1 aliphatic heterocycles. The topological polar surface area (TPSA) is 49.9 Å². The van der Waals surface area contributed by atoms with Gasteiger partial charge in [-0.3, -0.25) is 9.59 Å². The molecule has 142 valence electrons. The van der Waals surface area contributed by atoms with E-state index in [0.717, 1.165) is 5.56 Å². The molecule has 0 unspecified atom stereocenters. The maximum Gasteiger partial charge on any atom is 0.253 e. The molecule has 0 aromatic heterocycles. The third kappa shape index (κ3) is 5.41. The zero-order valence-corrected chi connectivity index (χ0v) is 15.8. The average Bonchev–Trinajstić information content (AvgIpc) is 2.88. The molecule has 2 amide bonds. The monoisotopic (exact) mass is 366 g/mol. The highest BCUT2D eigenvalue weighted by molar-refractivity contribution is 5.94. The van der Waals surface area contributed by atoms with Crippen LogP contribution in [0.4, 0.5) is 0 Å². The second-order valence-corrected chi connectivity index (χ2v) is 6.83. The molecule has 0 saturated carbocycles. The van der Waals surface area contributed by atoms with Gasteiger partial charge in [-0.25, -0.2) is 0 Å². The van der Waals surface area contributed by atoms with Crippen molar-refractivity contribution in [3.63, 3.8) is 0 Å². The summed E-state index contributed by atoms with van der Waals surface area (Å²) >= 11 is 0. The highest BCUT2D eigenvalue weighted by atomic mass is 16.5. The van der Waals surface area contributed by atoms with Crippen LogP contribution in [-0.4, -0.2) is 54.4 Å². The summed E-state index contributed by atoms with van der Waals surface area (Å²) in [6.07, 6.45) is 0.358. The van der Waals surface area contributed by atoms with Crippen LogP contribution in [0.25, 0.3) is 0 Å². The van der Waals surface area contributed by atoms with Gasteiger partial charge in [0.2, 0.25) is 5.91 Å². The number of hydrogen-bond acceptors (Lipinski definition) is 3. The number of aryl methyl sites for hydroxylation is 1. The van der Waals surface area contributed by atoms with E-state index in [1.54, 1.807) is 9.80 Å². The molecular formula is C22H26N2O3. The fraction of sp³-hybridized carbons (Fsp3) is 0.364. The predicted octanol–water partition coefficient (Wildman–Crippen LogP) is 2.89. The number of carbonyl (C=O) groups excluding carboxylic acids is 2. The molecule has 1 fully saturated rings. The first-order valence-corrected chi connectivity index (χ1v) is 9.39. The van der Waals surface area contributed by atoms with E-state index in [9.17, 15) is 9.59 Å². The van der Waals surface area contributed by atoms with Crippen molar-refractivity contribution in [3.05, 3.63) is 71.3 Å². The minimum atomic E-state index is -0.0131. The average molecular weight is 366 g/mol. The zero-order valence-electron chi connectivity index (χ0n) is 15.8. The van der Waals surface area contributed by atoms with Gasteiger partial charge in [0, 0.05) is 38.2 Å². The van der Waals surface area contributed by atoms with Crippen LogP contribution < -0.4 is 0 Å². The van der Waals surface area contributed by atoms with Crippen molar-refractivity contribution in [2.24, 2.45) is 0 Å². The number of rotatable bonds is 6. The smallest absolute Gasteiger partial charge is 0.253 e. The van der Waals surface area contributed by atoms with Crippen LogP contribution in [-0.2, 0) is 16.1 Å². The van der Waals surface area contributed by atoms with Gasteiger partial charge in [-0.1, -0.05) is 48.0 Å². The molecule has 1 heterocycles. The van der Waals surface area contributed by atoms with Crippen LogP contribution in [0, 0.1) is 6.92 Å². The molecule has 0 atom stereocenters. The molecule has 0 radical (unpaired) electrons. The molecule has 0 N–H and O–H groups in total. The molecule has 0 aliphatic carbocycles. The fourth-order valence-corrected chi connectivity index (χ4v) is 3.12. The van der Waals surface area contributed by atoms with Crippen LogP contribution in [0.5, 0.6) is 0 Å². The molecule has 0 spiro atoms. The van der Waals surface area contributed by atoms with Gasteiger partial charge in [-0.2, -0.15) is 0 Å². The van der Waals surface area contributed by atoms with Gasteiger partial charge in [0.25, 0.3) is 5.91 Å². The fourth-order valence-electron chi connectivity index (χ4n) is 3.12. The molecular weight excluding hydrogens is 340 g/mol. The van der Waals surface area contributed by atoms with Crippen molar-refractivity contribution in [1.29, 1.82) is 0 Å². The van der Waals surface area contributed by atoms with E-state index in [4.69, 9.17) is 4.74 Å². The second kappa shape index (κ2) is 9.33. The third-order valence-corrected chi connectivity index (χ3v) is 4.79. The van der Waals surface area contributed by atoms with E-state index in [1.807, 2.05) is 30.3 Å². The Morgan fingerprint density at radius 1 is 1.00 bits per heavy atom. The largest absolute Gasteiger partial charge is 0.375 e. The van der Waals surface area contributed by atoms with Crippen molar-refractivity contribution >= 4 is 11.8 Å². The molecule has 3 rings (SSSR count). The summed E-state index contributed by atoms with van der Waals surface area (Å²) in [7, 11) is 0. The van der Waals surface area contributed by atoms with Crippen molar-refractivity contribution in [2.75, 3.05) is 32.8 Å². The summed E-state index contributed by atoms with van der Waals surface area (Å²) < 4.78 is 5.72. The van der Waals surface area contributed by atoms with Gasteiger partial charge >= 0.3 is 0 Å². The summed E-state index contributed by atoms with van der Waals surface area (Å²) in [5.74, 6) is 0.0677. The number of benzene rings is 2. The quantitative estimate of drug-likeness (QED) is 0.739. The minimum absolute atomic E-state index is 0.0131. The van der Waals surface area contributed by atoms with E-state index in [-0.39, 0.29) is 11.8 Å². The van der Waals surface area contributed by atoms with Crippen molar-refractivity contribution < 1.29 is 14.3 Å². The van der Waals surface area contributed by atoms with Gasteiger partial charge in [-0.15, -0.1) is 0 Å². The summed E-state index contributed by atoms with van der Waals surface area (Å²) in [5.41, 5.74) is 3.02. The SMILES string of the molecule is Cc1ccc(COCCN2CCN(C(=O)c3ccccc3)CCC2=O)cc1. The number of amides is 2. The first kappa shape index (κ1) is 19.1. The first-order chi connectivity index (χ1) is 13.1. The van der Waals surface area contributed by atoms with Crippen LogP contribution in [0.2, 0.25) is 0 Å². The summed E-state index contributed by atoms with van der Waals surface area (Å²) in [5, 5.41) is 0. The Morgan fingerprint density at radius 2 is 1.74 bits per heavy atom. The Kier molecular flexibility index (Phi) is 6.60. The second-order valence-electron chi connectivity index (χ2n) is 6.83. The highest BCUT2D eigenvalue weighted by Crippen LogP contribution is 2.10. The van der Waals surface area contributed by atoms with Crippen molar-refractivity contribution in [1.82, 2.24) is 9.80 Å². The van der Waals surface area contributed by atoms with Gasteiger partial charge in [0.05, 0.1) is 13.2 Å². The minimum Gasteiger partial charge on any atom is -0.375 e. The highest BCUT2D eigenvalue weighted by Gasteiger charge is 2.24. The van der Waals surface area contributed by atoms with Crippen molar-refractivity contribution in [3.8, 4) is 0 Å². The molecule has 5 nitrogen and oxygen atoms in total. The van der Waals surface area contributed by atoms with Crippen LogP contribution in [0.1, 0.15) is 27.9 Å². The molecule has 5 heteroatoms. The Balaban J connectivity index is 1.46. The van der Waals surface area contributed by atoms with E-state index >= 15 is 0 Å². The van der Waals surface area contributed by atoms with E-state index in [1.165, 1.54) is 5.56 Å². The lowest BCUT2D eigenvalue weighted by Crippen LogP contribution is -2.37. The van der Waals surface area contributed by atoms with E-state index in [0.29, 0.717) is 51.4 Å². The lowest BCUT2D eigenvalue weighted by molar-refractivity contribution is -0.131. The van der Waals surface area contributed by atoms with Gasteiger partial charge in [0.1, 0.15) is 0 Å². The van der Waals surface area contributed by atoms with Crippen LogP contribution in [0.15, 0.2) is 54.6 Å². The van der Waals surface area contributed by atoms with E-state index in [2.05, 4.69) is 31.2 Å². The predicted molar refractivity (Wildman–Crippen MR) is 104 cm³/mol. The first-order valence-electron chi connectivity index (χ1n) is 9.39. The lowest BCUT2D eigenvalue weighted by atomic mass is 10.2. The molecule has 2 aromatic rings. The maximum absolute atomic E-state index is 12.6. The molecule has 1 saturated heterocycles. The lowest BCUT2D eigenvalue weighted by Gasteiger charge is -2.22. The van der Waals surface area contributed by atoms with Gasteiger partial charge < -0.3 is 14.5 Å². The standard InChI is InChI=1S/C22H26N2O3/c1-18-7-9-19(10-8-18)17-27-16-15-23-13-14-24(12-11-21(23)25)22(26)20-5-3-2-4-6-20/h2-10H,11-17H2,1H3. The Hall–Kier alpha value is -2.66. The number of nitrogens with zero attached hydrogens (tertiary/aromatic N) is 2. The molecule has 1 aliphatic rings. The van der Waals surface area contributed by atoms with Gasteiger partial charge in [0.15, 0.2) is 0 Å². The summed E-state index contributed by atoms with van der Waals surface area (Å²) in [6.45, 7) is 5.21. The van der Waals surface area contributed by atoms with Crippen LogP contribution >= 0.6 is 0 Å². The summed E-state index contributed by atoms with van der Waals surface area (Å²) in [4.78, 5) is 28.5. The molecule has 27 heavy (non-hydrogen) atoms. The Morgan fingerprint density at radius 3 is 2.48 bits per heavy atom. The van der Waals surface area contributed by atoms with Gasteiger partial charge in [-0.05, 0) is 24.6 Å². The third-order valence-electron chi connectivity index (χ3n) is 4.79.